The molecule has 2 fully saturated rings. The smallest absolute Gasteiger partial charge is 0.314 e. The van der Waals surface area contributed by atoms with Gasteiger partial charge in [0, 0.05) is 46.2 Å². The second kappa shape index (κ2) is 10.5. The third-order valence-corrected chi connectivity index (χ3v) is 6.46. The first-order valence-corrected chi connectivity index (χ1v) is 11.0. The zero-order valence-corrected chi connectivity index (χ0v) is 18.0. The SMILES string of the molecule is CN(Cc1ccccc1)C(=O)CCC1CCN(C(=O)[C@@H]2CCCN(C(N)=O)C2)CC1. The molecule has 3 rings (SSSR count). The summed E-state index contributed by atoms with van der Waals surface area (Å²) in [7, 11) is 1.86. The van der Waals surface area contributed by atoms with Crippen LogP contribution in [0.4, 0.5) is 4.79 Å². The van der Waals surface area contributed by atoms with Crippen LogP contribution in [0.3, 0.4) is 0 Å². The molecule has 164 valence electrons. The van der Waals surface area contributed by atoms with Crippen molar-refractivity contribution < 1.29 is 14.4 Å². The summed E-state index contributed by atoms with van der Waals surface area (Å²) < 4.78 is 0. The molecule has 0 unspecified atom stereocenters. The average molecular weight is 415 g/mol. The van der Waals surface area contributed by atoms with Gasteiger partial charge in [-0.25, -0.2) is 4.79 Å². The lowest BCUT2D eigenvalue weighted by atomic mass is 9.90. The molecule has 1 aromatic carbocycles. The molecule has 2 heterocycles. The number of nitrogens with two attached hydrogens (primary N) is 1. The Labute approximate surface area is 179 Å². The molecule has 2 N–H and O–H groups in total. The van der Waals surface area contributed by atoms with Crippen molar-refractivity contribution in [3.63, 3.8) is 0 Å². The van der Waals surface area contributed by atoms with Crippen molar-refractivity contribution in [3.8, 4) is 0 Å². The monoisotopic (exact) mass is 414 g/mol. The van der Waals surface area contributed by atoms with Crippen LogP contribution in [0.25, 0.3) is 0 Å². The van der Waals surface area contributed by atoms with E-state index in [1.165, 1.54) is 0 Å². The Hall–Kier alpha value is -2.57. The normalized spacial score (nSPS) is 20.1. The molecule has 0 bridgehead atoms. The molecule has 4 amide bonds. The number of piperidine rings is 2. The molecule has 0 radical (unpaired) electrons. The minimum Gasteiger partial charge on any atom is -0.351 e. The van der Waals surface area contributed by atoms with Crippen molar-refractivity contribution in [2.45, 2.75) is 45.1 Å². The van der Waals surface area contributed by atoms with Crippen molar-refractivity contribution in [2.75, 3.05) is 33.2 Å². The number of likely N-dealkylation sites (tertiary alicyclic amines) is 2. The van der Waals surface area contributed by atoms with Crippen LogP contribution in [-0.4, -0.2) is 65.8 Å². The predicted octanol–water partition coefficient (Wildman–Crippen LogP) is 2.45. The summed E-state index contributed by atoms with van der Waals surface area (Å²) in [6, 6.07) is 9.58. The van der Waals surface area contributed by atoms with Gasteiger partial charge in [-0.05, 0) is 43.6 Å². The Morgan fingerprint density at radius 1 is 1.03 bits per heavy atom. The second-order valence-electron chi connectivity index (χ2n) is 8.67. The lowest BCUT2D eigenvalue weighted by molar-refractivity contribution is -0.138. The molecule has 1 atom stereocenters. The van der Waals surface area contributed by atoms with E-state index in [2.05, 4.69) is 0 Å². The molecule has 2 saturated heterocycles. The second-order valence-corrected chi connectivity index (χ2v) is 8.67. The van der Waals surface area contributed by atoms with E-state index in [1.54, 1.807) is 9.80 Å². The van der Waals surface area contributed by atoms with Gasteiger partial charge < -0.3 is 20.4 Å². The van der Waals surface area contributed by atoms with Crippen molar-refractivity contribution in [1.29, 1.82) is 0 Å². The van der Waals surface area contributed by atoms with E-state index in [4.69, 9.17) is 5.73 Å². The van der Waals surface area contributed by atoms with Crippen LogP contribution in [0.5, 0.6) is 0 Å². The first-order chi connectivity index (χ1) is 14.4. The number of amides is 4. The highest BCUT2D eigenvalue weighted by Gasteiger charge is 2.32. The zero-order chi connectivity index (χ0) is 21.5. The molecule has 0 aliphatic carbocycles. The van der Waals surface area contributed by atoms with Crippen molar-refractivity contribution >= 4 is 17.8 Å². The molecule has 0 spiro atoms. The van der Waals surface area contributed by atoms with Gasteiger partial charge in [0.15, 0.2) is 0 Å². The van der Waals surface area contributed by atoms with Gasteiger partial charge in [-0.15, -0.1) is 0 Å². The molecule has 30 heavy (non-hydrogen) atoms. The number of nitrogens with zero attached hydrogens (tertiary/aromatic N) is 3. The fraction of sp³-hybridized carbons (Fsp3) is 0.609. The fourth-order valence-corrected chi connectivity index (χ4v) is 4.54. The molecular weight excluding hydrogens is 380 g/mol. The van der Waals surface area contributed by atoms with Crippen LogP contribution in [0.15, 0.2) is 30.3 Å². The topological polar surface area (TPSA) is 87.0 Å². The van der Waals surface area contributed by atoms with E-state index in [1.807, 2.05) is 42.3 Å². The predicted molar refractivity (Wildman–Crippen MR) is 115 cm³/mol. The quantitative estimate of drug-likeness (QED) is 0.776. The van der Waals surface area contributed by atoms with Crippen LogP contribution < -0.4 is 5.73 Å². The third-order valence-electron chi connectivity index (χ3n) is 6.46. The number of benzene rings is 1. The number of carbonyl (C=O) groups excluding carboxylic acids is 3. The molecular formula is C23H34N4O3. The van der Waals surface area contributed by atoms with Crippen molar-refractivity contribution in [2.24, 2.45) is 17.6 Å². The van der Waals surface area contributed by atoms with Gasteiger partial charge in [0.2, 0.25) is 11.8 Å². The van der Waals surface area contributed by atoms with Crippen LogP contribution in [0.2, 0.25) is 0 Å². The first-order valence-electron chi connectivity index (χ1n) is 11.0. The number of hydrogen-bond donors (Lipinski definition) is 1. The van der Waals surface area contributed by atoms with Crippen molar-refractivity contribution in [1.82, 2.24) is 14.7 Å². The van der Waals surface area contributed by atoms with Gasteiger partial charge in [0.25, 0.3) is 0 Å². The van der Waals surface area contributed by atoms with Gasteiger partial charge in [-0.3, -0.25) is 9.59 Å². The van der Waals surface area contributed by atoms with Gasteiger partial charge >= 0.3 is 6.03 Å². The minimum absolute atomic E-state index is 0.129. The Morgan fingerprint density at radius 2 is 1.73 bits per heavy atom. The molecule has 0 saturated carbocycles. The van der Waals surface area contributed by atoms with E-state index in [9.17, 15) is 14.4 Å². The Morgan fingerprint density at radius 3 is 2.40 bits per heavy atom. The summed E-state index contributed by atoms with van der Waals surface area (Å²) in [6.45, 7) is 3.20. The number of primary amides is 1. The number of hydrogen-bond acceptors (Lipinski definition) is 3. The maximum atomic E-state index is 12.8. The van der Waals surface area contributed by atoms with Gasteiger partial charge in [-0.1, -0.05) is 30.3 Å². The summed E-state index contributed by atoms with van der Waals surface area (Å²) >= 11 is 0. The Bertz CT molecular complexity index is 731. The molecule has 2 aliphatic rings. The van der Waals surface area contributed by atoms with Gasteiger partial charge in [0.1, 0.15) is 0 Å². The maximum Gasteiger partial charge on any atom is 0.314 e. The lowest BCUT2D eigenvalue weighted by Gasteiger charge is -2.37. The van der Waals surface area contributed by atoms with E-state index in [0.717, 1.165) is 50.8 Å². The highest BCUT2D eigenvalue weighted by molar-refractivity contribution is 5.80. The fourth-order valence-electron chi connectivity index (χ4n) is 4.54. The average Bonchev–Trinajstić information content (AvgIpc) is 2.78. The molecule has 1 aromatic rings. The Kier molecular flexibility index (Phi) is 7.71. The summed E-state index contributed by atoms with van der Waals surface area (Å²) in [5, 5.41) is 0. The number of carbonyl (C=O) groups is 3. The summed E-state index contributed by atoms with van der Waals surface area (Å²) in [4.78, 5) is 42.0. The highest BCUT2D eigenvalue weighted by Crippen LogP contribution is 2.26. The van der Waals surface area contributed by atoms with Crippen LogP contribution in [-0.2, 0) is 16.1 Å². The number of rotatable bonds is 6. The van der Waals surface area contributed by atoms with Gasteiger partial charge in [-0.2, -0.15) is 0 Å². The van der Waals surface area contributed by atoms with Gasteiger partial charge in [0.05, 0.1) is 5.92 Å². The van der Waals surface area contributed by atoms with Crippen molar-refractivity contribution in [3.05, 3.63) is 35.9 Å². The standard InChI is InChI=1S/C23H34N4O3/c1-25(16-19-6-3-2-4-7-19)21(28)10-9-18-11-14-26(15-12-18)22(29)20-8-5-13-27(17-20)23(24)30/h2-4,6-7,18,20H,5,8-17H2,1H3,(H2,24,30)/t20-/m1/s1. The largest absolute Gasteiger partial charge is 0.351 e. The van der Waals surface area contributed by atoms with Crippen LogP contribution in [0, 0.1) is 11.8 Å². The first kappa shape index (κ1) is 22.1. The summed E-state index contributed by atoms with van der Waals surface area (Å²) in [5.41, 5.74) is 6.52. The van der Waals surface area contributed by atoms with E-state index in [-0.39, 0.29) is 17.7 Å². The van der Waals surface area contributed by atoms with E-state index in [0.29, 0.717) is 32.0 Å². The zero-order valence-electron chi connectivity index (χ0n) is 18.0. The Balaban J connectivity index is 1.38. The summed E-state index contributed by atoms with van der Waals surface area (Å²) in [5.74, 6) is 0.678. The lowest BCUT2D eigenvalue weighted by Crippen LogP contribution is -2.49. The molecule has 2 aliphatic heterocycles. The van der Waals surface area contributed by atoms with E-state index < -0.39 is 6.03 Å². The highest BCUT2D eigenvalue weighted by atomic mass is 16.2. The third kappa shape index (κ3) is 5.97. The van der Waals surface area contributed by atoms with E-state index >= 15 is 0 Å². The van der Waals surface area contributed by atoms with Crippen LogP contribution in [0.1, 0.15) is 44.1 Å². The number of urea groups is 1. The summed E-state index contributed by atoms with van der Waals surface area (Å²) in [6.07, 6.45) is 4.96. The maximum absolute atomic E-state index is 12.8. The minimum atomic E-state index is -0.437. The van der Waals surface area contributed by atoms with Crippen LogP contribution >= 0.6 is 0 Å². The molecule has 0 aromatic heterocycles. The molecule has 7 heteroatoms. The molecule has 7 nitrogen and oxygen atoms in total.